The third-order valence-corrected chi connectivity index (χ3v) is 7.25. The Hall–Kier alpha value is -1.64. The number of hydrogen-bond donors (Lipinski definition) is 0. The number of aryl methyl sites for hydroxylation is 2. The van der Waals surface area contributed by atoms with E-state index in [-0.39, 0.29) is 0 Å². The fraction of sp³-hybridized carbons (Fsp3) is 0.536. The average Bonchev–Trinajstić information content (AvgIpc) is 2.95. The molecule has 1 fully saturated rings. The first-order valence-electron chi connectivity index (χ1n) is 12.4. The van der Waals surface area contributed by atoms with Gasteiger partial charge in [-0.05, 0) is 73.5 Å². The van der Waals surface area contributed by atoms with E-state index < -0.39 is 0 Å². The molecule has 2 aliphatic rings. The minimum Gasteiger partial charge on any atom is -0.303 e. The van der Waals surface area contributed by atoms with Gasteiger partial charge in [-0.1, -0.05) is 74.8 Å². The smallest absolute Gasteiger partial charge is 0.0739 e. The van der Waals surface area contributed by atoms with Gasteiger partial charge in [0.05, 0.1) is 5.69 Å². The largest absolute Gasteiger partial charge is 0.303 e. The second kappa shape index (κ2) is 11.3. The minimum absolute atomic E-state index is 0.839. The quantitative estimate of drug-likeness (QED) is 0.398. The molecule has 0 atom stereocenters. The van der Waals surface area contributed by atoms with Crippen LogP contribution in [0.25, 0.3) is 5.57 Å². The Bertz CT molecular complexity index is 892. The van der Waals surface area contributed by atoms with Crippen molar-refractivity contribution in [1.82, 2.24) is 9.88 Å². The van der Waals surface area contributed by atoms with Crippen LogP contribution in [0.4, 0.5) is 0 Å². The molecule has 0 saturated carbocycles. The molecule has 2 nitrogen and oxygen atoms in total. The van der Waals surface area contributed by atoms with Crippen molar-refractivity contribution < 1.29 is 0 Å². The maximum Gasteiger partial charge on any atom is 0.0739 e. The lowest BCUT2D eigenvalue weighted by molar-refractivity contribution is 0.251. The Kier molecular flexibility index (Phi) is 8.21. The van der Waals surface area contributed by atoms with Crippen LogP contribution in [0.15, 0.2) is 42.1 Å². The molecule has 0 bridgehead atoms. The minimum atomic E-state index is 0.839. The van der Waals surface area contributed by atoms with Gasteiger partial charge in [0.1, 0.15) is 0 Å². The molecule has 1 aromatic carbocycles. The molecular weight excluding hydrogens is 400 g/mol. The van der Waals surface area contributed by atoms with Crippen molar-refractivity contribution in [3.8, 4) is 0 Å². The van der Waals surface area contributed by atoms with Crippen LogP contribution in [0.3, 0.4) is 0 Å². The van der Waals surface area contributed by atoms with E-state index in [4.69, 9.17) is 16.6 Å². The number of pyridine rings is 1. The number of benzene rings is 1. The zero-order chi connectivity index (χ0) is 21.5. The Morgan fingerprint density at radius 3 is 2.42 bits per heavy atom. The highest BCUT2D eigenvalue weighted by Crippen LogP contribution is 2.38. The molecule has 1 aliphatic heterocycles. The highest BCUT2D eigenvalue weighted by molar-refractivity contribution is 6.30. The molecule has 2 heterocycles. The van der Waals surface area contributed by atoms with Crippen LogP contribution in [-0.4, -0.2) is 29.5 Å². The van der Waals surface area contributed by atoms with Crippen molar-refractivity contribution >= 4 is 17.2 Å². The summed E-state index contributed by atoms with van der Waals surface area (Å²) < 4.78 is 0. The van der Waals surface area contributed by atoms with Crippen molar-refractivity contribution in [2.24, 2.45) is 0 Å². The Labute approximate surface area is 193 Å². The van der Waals surface area contributed by atoms with Gasteiger partial charge in [-0.3, -0.25) is 4.98 Å². The van der Waals surface area contributed by atoms with E-state index in [1.54, 1.807) is 5.57 Å². The molecule has 166 valence electrons. The molecule has 1 aromatic heterocycles. The number of rotatable bonds is 8. The first-order chi connectivity index (χ1) is 15.3. The summed E-state index contributed by atoms with van der Waals surface area (Å²) >= 11 is 6.35. The molecule has 3 heteroatoms. The monoisotopic (exact) mass is 436 g/mol. The van der Waals surface area contributed by atoms with Crippen molar-refractivity contribution in [3.63, 3.8) is 0 Å². The second-order valence-corrected chi connectivity index (χ2v) is 9.69. The van der Waals surface area contributed by atoms with Gasteiger partial charge < -0.3 is 4.90 Å². The maximum absolute atomic E-state index is 6.35. The van der Waals surface area contributed by atoms with E-state index in [0.29, 0.717) is 0 Å². The number of unbranched alkanes of at least 4 members (excludes halogenated alkanes) is 6. The molecule has 4 rings (SSSR count). The topological polar surface area (TPSA) is 16.1 Å². The first-order valence-corrected chi connectivity index (χ1v) is 12.8. The lowest BCUT2D eigenvalue weighted by atomic mass is 9.88. The van der Waals surface area contributed by atoms with E-state index >= 15 is 0 Å². The number of hydrogen-bond acceptors (Lipinski definition) is 2. The average molecular weight is 437 g/mol. The molecule has 2 aromatic rings. The highest BCUT2D eigenvalue weighted by atomic mass is 35.5. The molecular formula is C28H37ClN2. The fourth-order valence-electron chi connectivity index (χ4n) is 5.22. The van der Waals surface area contributed by atoms with Gasteiger partial charge in [0.15, 0.2) is 0 Å². The molecule has 0 spiro atoms. The number of fused-ring (bicyclic) bond motifs is 2. The summed E-state index contributed by atoms with van der Waals surface area (Å²) in [6.07, 6.45) is 16.1. The molecule has 0 amide bonds. The predicted octanol–water partition coefficient (Wildman–Crippen LogP) is 7.48. The van der Waals surface area contributed by atoms with Crippen molar-refractivity contribution in [1.29, 1.82) is 0 Å². The number of likely N-dealkylation sites (tertiary alicyclic amines) is 1. The van der Waals surface area contributed by atoms with Gasteiger partial charge in [0, 0.05) is 29.9 Å². The van der Waals surface area contributed by atoms with Crippen LogP contribution in [0.5, 0.6) is 0 Å². The fourth-order valence-corrected chi connectivity index (χ4v) is 5.42. The van der Waals surface area contributed by atoms with E-state index in [0.717, 1.165) is 30.7 Å². The van der Waals surface area contributed by atoms with Crippen LogP contribution in [0, 0.1) is 0 Å². The standard InChI is InChI=1S/C28H37ClN2/c1-2-3-4-5-6-7-8-18-31-19-15-22(16-20-31)27-26-14-13-25(29)21-24(26)12-11-23-10-9-17-30-28(23)27/h9-10,13-14,17,21H,2-8,11-12,15-16,18-20H2,1H3. The maximum atomic E-state index is 6.35. The van der Waals surface area contributed by atoms with Crippen LogP contribution < -0.4 is 0 Å². The van der Waals surface area contributed by atoms with Gasteiger partial charge in [0.25, 0.3) is 0 Å². The summed E-state index contributed by atoms with van der Waals surface area (Å²) in [5, 5.41) is 0.839. The van der Waals surface area contributed by atoms with Gasteiger partial charge in [-0.15, -0.1) is 0 Å². The van der Waals surface area contributed by atoms with Crippen LogP contribution >= 0.6 is 11.6 Å². The first kappa shape index (κ1) is 22.6. The van der Waals surface area contributed by atoms with Gasteiger partial charge in [0.2, 0.25) is 0 Å². The van der Waals surface area contributed by atoms with Gasteiger partial charge >= 0.3 is 0 Å². The van der Waals surface area contributed by atoms with E-state index in [1.807, 2.05) is 12.3 Å². The lowest BCUT2D eigenvalue weighted by Crippen LogP contribution is -2.32. The SMILES string of the molecule is CCCCCCCCCN1CCC(=C2c3ccc(Cl)cc3CCc3cccnc32)CC1. The summed E-state index contributed by atoms with van der Waals surface area (Å²) in [5.74, 6) is 0. The van der Waals surface area contributed by atoms with Crippen LogP contribution in [0.1, 0.15) is 87.1 Å². The van der Waals surface area contributed by atoms with Crippen LogP contribution in [0.2, 0.25) is 5.02 Å². The van der Waals surface area contributed by atoms with Crippen molar-refractivity contribution in [2.75, 3.05) is 19.6 Å². The third kappa shape index (κ3) is 5.79. The summed E-state index contributed by atoms with van der Waals surface area (Å²) in [4.78, 5) is 7.54. The summed E-state index contributed by atoms with van der Waals surface area (Å²) in [6.45, 7) is 5.91. The molecule has 0 unspecified atom stereocenters. The van der Waals surface area contributed by atoms with Gasteiger partial charge in [-0.25, -0.2) is 0 Å². The molecule has 0 N–H and O–H groups in total. The lowest BCUT2D eigenvalue weighted by Gasteiger charge is -2.30. The van der Waals surface area contributed by atoms with E-state index in [1.165, 1.54) is 92.5 Å². The van der Waals surface area contributed by atoms with Crippen molar-refractivity contribution in [3.05, 3.63) is 69.5 Å². The molecule has 31 heavy (non-hydrogen) atoms. The zero-order valence-electron chi connectivity index (χ0n) is 19.1. The number of piperidine rings is 1. The third-order valence-electron chi connectivity index (χ3n) is 7.02. The molecule has 1 aliphatic carbocycles. The normalized spacial score (nSPS) is 16.7. The molecule has 0 radical (unpaired) electrons. The second-order valence-electron chi connectivity index (χ2n) is 9.25. The van der Waals surface area contributed by atoms with E-state index in [9.17, 15) is 0 Å². The van der Waals surface area contributed by atoms with Crippen molar-refractivity contribution in [2.45, 2.75) is 77.6 Å². The summed E-state index contributed by atoms with van der Waals surface area (Å²) in [6, 6.07) is 10.8. The Balaban J connectivity index is 1.44. The Morgan fingerprint density at radius 2 is 1.61 bits per heavy atom. The Morgan fingerprint density at radius 1 is 0.871 bits per heavy atom. The summed E-state index contributed by atoms with van der Waals surface area (Å²) in [5.41, 5.74) is 8.30. The number of aromatic nitrogens is 1. The summed E-state index contributed by atoms with van der Waals surface area (Å²) in [7, 11) is 0. The zero-order valence-corrected chi connectivity index (χ0v) is 19.9. The predicted molar refractivity (Wildman–Crippen MR) is 133 cm³/mol. The highest BCUT2D eigenvalue weighted by Gasteiger charge is 2.24. The molecule has 1 saturated heterocycles. The van der Waals surface area contributed by atoms with Crippen LogP contribution in [-0.2, 0) is 12.8 Å². The van der Waals surface area contributed by atoms with Gasteiger partial charge in [-0.2, -0.15) is 0 Å². The number of nitrogens with zero attached hydrogens (tertiary/aromatic N) is 2. The van der Waals surface area contributed by atoms with E-state index in [2.05, 4.69) is 36.1 Å². The number of halogens is 1.